The van der Waals surface area contributed by atoms with Crippen molar-refractivity contribution >= 4 is 11.6 Å². The summed E-state index contributed by atoms with van der Waals surface area (Å²) in [6.07, 6.45) is 0.332. The second-order valence-corrected chi connectivity index (χ2v) is 6.28. The van der Waals surface area contributed by atoms with Crippen LogP contribution in [0.4, 0.5) is 14.5 Å². The lowest BCUT2D eigenvalue weighted by Crippen LogP contribution is -2.23. The van der Waals surface area contributed by atoms with Crippen molar-refractivity contribution < 1.29 is 18.3 Å². The van der Waals surface area contributed by atoms with Gasteiger partial charge in [0, 0.05) is 30.7 Å². The molecule has 1 aromatic heterocycles. The average molecular weight is 399 g/mol. The summed E-state index contributed by atoms with van der Waals surface area (Å²) in [7, 11) is 1.58. The van der Waals surface area contributed by atoms with Gasteiger partial charge in [0.2, 0.25) is 5.91 Å². The van der Waals surface area contributed by atoms with Crippen LogP contribution in [0, 0.1) is 11.6 Å². The summed E-state index contributed by atoms with van der Waals surface area (Å²) in [5, 5.41) is 6.65. The molecule has 1 heterocycles. The van der Waals surface area contributed by atoms with E-state index in [1.807, 2.05) is 12.1 Å². The van der Waals surface area contributed by atoms with E-state index in [4.69, 9.17) is 4.74 Å². The molecule has 0 atom stereocenters. The molecule has 3 aromatic rings. The summed E-state index contributed by atoms with van der Waals surface area (Å²) in [5.74, 6) is -1.13. The van der Waals surface area contributed by atoms with E-state index >= 15 is 0 Å². The zero-order chi connectivity index (χ0) is 20.8. The molecule has 0 radical (unpaired) electrons. The molecule has 29 heavy (non-hydrogen) atoms. The van der Waals surface area contributed by atoms with Gasteiger partial charge in [-0.1, -0.05) is 0 Å². The lowest BCUT2D eigenvalue weighted by molar-refractivity contribution is -0.116. The molecule has 150 valence electrons. The van der Waals surface area contributed by atoms with Crippen molar-refractivity contribution in [2.24, 2.45) is 0 Å². The molecule has 0 aliphatic rings. The average Bonchev–Trinajstić information content (AvgIpc) is 2.72. The van der Waals surface area contributed by atoms with Gasteiger partial charge in [-0.15, -0.1) is 0 Å². The quantitative estimate of drug-likeness (QED) is 0.659. The van der Waals surface area contributed by atoms with Gasteiger partial charge in [-0.05, 0) is 48.9 Å². The molecule has 0 saturated carbocycles. The van der Waals surface area contributed by atoms with Gasteiger partial charge in [0.1, 0.15) is 17.4 Å². The number of carbonyl (C=O) groups excluding carboxylic acids is 1. The maximum Gasteiger partial charge on any atom is 0.266 e. The Morgan fingerprint density at radius 2 is 1.86 bits per heavy atom. The van der Waals surface area contributed by atoms with Crippen LogP contribution in [0.2, 0.25) is 0 Å². The lowest BCUT2D eigenvalue weighted by Gasteiger charge is -2.09. The summed E-state index contributed by atoms with van der Waals surface area (Å²) < 4.78 is 33.1. The molecule has 1 N–H and O–H groups in total. The standard InChI is InChI=1S/C21H19F2N3O3/c1-29-16-7-4-14(5-8-16)18-10-11-21(28)26(25-18)12-2-3-20(27)24-19-13-15(22)6-9-17(19)23/h4-11,13H,2-3,12H2,1H3,(H,24,27). The Bertz CT molecular complexity index is 1070. The number of hydrogen-bond donors (Lipinski definition) is 1. The van der Waals surface area contributed by atoms with Crippen molar-refractivity contribution in [3.63, 3.8) is 0 Å². The topological polar surface area (TPSA) is 73.2 Å². The predicted octanol–water partition coefficient (Wildman–Crippen LogP) is 3.62. The van der Waals surface area contributed by atoms with Gasteiger partial charge in [0.15, 0.2) is 0 Å². The minimum absolute atomic E-state index is 0.0246. The van der Waals surface area contributed by atoms with Gasteiger partial charge in [0.25, 0.3) is 5.56 Å². The Kier molecular flexibility index (Phi) is 6.33. The predicted molar refractivity (Wildman–Crippen MR) is 105 cm³/mol. The van der Waals surface area contributed by atoms with E-state index < -0.39 is 17.5 Å². The molecular formula is C21H19F2N3O3. The number of nitrogens with one attached hydrogen (secondary N) is 1. The Hall–Kier alpha value is -3.55. The largest absolute Gasteiger partial charge is 0.497 e. The van der Waals surface area contributed by atoms with Crippen LogP contribution in [0.3, 0.4) is 0 Å². The van der Waals surface area contributed by atoms with E-state index in [9.17, 15) is 18.4 Å². The van der Waals surface area contributed by atoms with Crippen molar-refractivity contribution in [1.29, 1.82) is 0 Å². The van der Waals surface area contributed by atoms with Crippen LogP contribution in [0.1, 0.15) is 12.8 Å². The number of methoxy groups -OCH3 is 1. The third-order valence-corrected chi connectivity index (χ3v) is 4.23. The molecule has 8 heteroatoms. The maximum atomic E-state index is 13.6. The lowest BCUT2D eigenvalue weighted by atomic mass is 10.1. The Balaban J connectivity index is 1.62. The summed E-state index contributed by atoms with van der Waals surface area (Å²) in [6, 6.07) is 13.1. The summed E-state index contributed by atoms with van der Waals surface area (Å²) in [5.41, 5.74) is 0.919. The number of carbonyl (C=O) groups is 1. The molecule has 0 bridgehead atoms. The van der Waals surface area contributed by atoms with E-state index in [1.54, 1.807) is 25.3 Å². The fraction of sp³-hybridized carbons (Fsp3) is 0.190. The highest BCUT2D eigenvalue weighted by molar-refractivity contribution is 5.90. The van der Waals surface area contributed by atoms with Crippen molar-refractivity contribution in [1.82, 2.24) is 9.78 Å². The number of benzene rings is 2. The first-order valence-electron chi connectivity index (χ1n) is 8.94. The van der Waals surface area contributed by atoms with E-state index in [1.165, 1.54) is 10.7 Å². The Morgan fingerprint density at radius 1 is 1.10 bits per heavy atom. The van der Waals surface area contributed by atoms with Crippen LogP contribution < -0.4 is 15.6 Å². The summed E-state index contributed by atoms with van der Waals surface area (Å²) in [4.78, 5) is 24.0. The third-order valence-electron chi connectivity index (χ3n) is 4.23. The molecular weight excluding hydrogens is 380 g/mol. The van der Waals surface area contributed by atoms with Crippen LogP contribution in [0.5, 0.6) is 5.75 Å². The fourth-order valence-corrected chi connectivity index (χ4v) is 2.72. The number of rotatable bonds is 7. The van der Waals surface area contributed by atoms with Crippen LogP contribution in [0.15, 0.2) is 59.4 Å². The number of hydrogen-bond acceptors (Lipinski definition) is 4. The highest BCUT2D eigenvalue weighted by Crippen LogP contribution is 2.19. The van der Waals surface area contributed by atoms with Crippen molar-refractivity contribution in [2.45, 2.75) is 19.4 Å². The first-order chi connectivity index (χ1) is 14.0. The molecule has 6 nitrogen and oxygen atoms in total. The number of anilines is 1. The highest BCUT2D eigenvalue weighted by Gasteiger charge is 2.09. The Labute approximate surface area is 165 Å². The van der Waals surface area contributed by atoms with Crippen LogP contribution >= 0.6 is 0 Å². The van der Waals surface area contributed by atoms with Gasteiger partial charge in [-0.3, -0.25) is 9.59 Å². The minimum atomic E-state index is -0.718. The molecule has 0 spiro atoms. The van der Waals surface area contributed by atoms with Crippen molar-refractivity contribution in [3.8, 4) is 17.0 Å². The third kappa shape index (κ3) is 5.25. The second-order valence-electron chi connectivity index (χ2n) is 6.28. The van der Waals surface area contributed by atoms with E-state index in [-0.39, 0.29) is 24.2 Å². The second kappa shape index (κ2) is 9.09. The number of aromatic nitrogens is 2. The summed E-state index contributed by atoms with van der Waals surface area (Å²) >= 11 is 0. The number of halogens is 2. The van der Waals surface area contributed by atoms with Crippen molar-refractivity contribution in [3.05, 3.63) is 76.6 Å². The van der Waals surface area contributed by atoms with E-state index in [2.05, 4.69) is 10.4 Å². The smallest absolute Gasteiger partial charge is 0.266 e. The zero-order valence-corrected chi connectivity index (χ0v) is 15.7. The molecule has 2 aromatic carbocycles. The molecule has 0 unspecified atom stereocenters. The SMILES string of the molecule is COc1ccc(-c2ccc(=O)n(CCCC(=O)Nc3cc(F)ccc3F)n2)cc1. The summed E-state index contributed by atoms with van der Waals surface area (Å²) in [6.45, 7) is 0.210. The fourth-order valence-electron chi connectivity index (χ4n) is 2.72. The minimum Gasteiger partial charge on any atom is -0.497 e. The monoisotopic (exact) mass is 399 g/mol. The highest BCUT2D eigenvalue weighted by atomic mass is 19.1. The first-order valence-corrected chi connectivity index (χ1v) is 8.94. The molecule has 0 saturated heterocycles. The van der Waals surface area contributed by atoms with Crippen LogP contribution in [0.25, 0.3) is 11.3 Å². The number of ether oxygens (including phenoxy) is 1. The molecule has 1 amide bonds. The van der Waals surface area contributed by atoms with Gasteiger partial charge in [0.05, 0.1) is 18.5 Å². The zero-order valence-electron chi connectivity index (χ0n) is 15.7. The van der Waals surface area contributed by atoms with Crippen LogP contribution in [-0.2, 0) is 11.3 Å². The van der Waals surface area contributed by atoms with Gasteiger partial charge < -0.3 is 10.1 Å². The maximum absolute atomic E-state index is 13.6. The molecule has 0 aliphatic heterocycles. The Morgan fingerprint density at radius 3 is 2.59 bits per heavy atom. The molecule has 0 fully saturated rings. The van der Waals surface area contributed by atoms with Crippen LogP contribution in [-0.4, -0.2) is 22.8 Å². The van der Waals surface area contributed by atoms with E-state index in [0.717, 1.165) is 23.8 Å². The van der Waals surface area contributed by atoms with Crippen molar-refractivity contribution in [2.75, 3.05) is 12.4 Å². The number of nitrogens with zero attached hydrogens (tertiary/aromatic N) is 2. The molecule has 3 rings (SSSR count). The number of aryl methyl sites for hydroxylation is 1. The normalized spacial score (nSPS) is 10.6. The number of amides is 1. The van der Waals surface area contributed by atoms with Gasteiger partial charge >= 0.3 is 0 Å². The molecule has 0 aliphatic carbocycles. The van der Waals surface area contributed by atoms with E-state index in [0.29, 0.717) is 17.9 Å². The van der Waals surface area contributed by atoms with Gasteiger partial charge in [-0.25, -0.2) is 13.5 Å². The first kappa shape index (κ1) is 20.2. The van der Waals surface area contributed by atoms with Gasteiger partial charge in [-0.2, -0.15) is 5.10 Å².